The van der Waals surface area contributed by atoms with E-state index in [1.165, 1.54) is 40.7 Å². The third kappa shape index (κ3) is 90.0. The molecular weight excluding hydrogens is 1840 g/mol. The highest BCUT2D eigenvalue weighted by molar-refractivity contribution is 5.94. The highest BCUT2D eigenvalue weighted by Crippen LogP contribution is 2.15. The van der Waals surface area contributed by atoms with Crippen molar-refractivity contribution < 1.29 is 85.8 Å². The van der Waals surface area contributed by atoms with E-state index in [0.717, 1.165) is 84.3 Å². The number of hydrogen-bond acceptors (Lipinski definition) is 28. The zero-order chi connectivity index (χ0) is 106. The number of halogens is 1. The number of amides is 10. The van der Waals surface area contributed by atoms with Crippen molar-refractivity contribution in [3.05, 3.63) is 55.4 Å². The van der Waals surface area contributed by atoms with Crippen molar-refractivity contribution in [3.8, 4) is 6.19 Å². The highest BCUT2D eigenvalue weighted by atomic mass is 35.5. The topological polar surface area (TPSA) is 556 Å². The van der Waals surface area contributed by atoms with E-state index in [4.69, 9.17) is 60.0 Å². The van der Waals surface area contributed by atoms with Gasteiger partial charge in [-0.3, -0.25) is 15.0 Å². The number of aliphatic imine (C=N–C) groups is 2. The lowest BCUT2D eigenvalue weighted by Gasteiger charge is -2.26. The van der Waals surface area contributed by atoms with Crippen LogP contribution in [0.15, 0.2) is 65.4 Å². The predicted octanol–water partition coefficient (Wildman–Crippen LogP) is 13.4. The third-order valence-electron chi connectivity index (χ3n) is 16.4. The van der Waals surface area contributed by atoms with Gasteiger partial charge in [0, 0.05) is 156 Å². The van der Waals surface area contributed by atoms with Gasteiger partial charge in [0.2, 0.25) is 29.7 Å². The number of ether oxygens (including phenoxy) is 8. The van der Waals surface area contributed by atoms with Crippen LogP contribution in [0.5, 0.6) is 0 Å². The molecule has 0 aliphatic rings. The molecular formula is C96H185ClN26O18. The van der Waals surface area contributed by atoms with Crippen LogP contribution in [0.4, 0.5) is 38.4 Å². The smallest absolute Gasteiger partial charge is 0.407 e. The van der Waals surface area contributed by atoms with E-state index in [1.54, 1.807) is 143 Å². The van der Waals surface area contributed by atoms with Gasteiger partial charge in [0.15, 0.2) is 6.19 Å². The number of alkyl carbamates (subject to hydrolysis) is 8. The van der Waals surface area contributed by atoms with E-state index in [9.17, 15) is 47.9 Å². The summed E-state index contributed by atoms with van der Waals surface area (Å²) >= 11 is 0. The first kappa shape index (κ1) is 138. The number of nitrogens with one attached hydrogen (secondary N) is 11. The fourth-order valence-corrected chi connectivity index (χ4v) is 10.8. The standard InChI is InChI=1S/2C22H38N6O5.C20H36N6O4.C13H25N3O2.C12H26N2O2.C6H17N3.CH4.ClH/c2*1-17(29)26-18(28-16-10-13-25-28)27(14-8-11-23-19(30)32-21(2,3)4)15-9-12-24-20(31)33-22(5,6)7;1-19(2,3)29-17(27)22-10-7-13-25(16(21)26-15-9-12-24-26)14-8-11-23-18(28)30-20(4,5)6;1-5-6-9-16(11-14)10-7-8-15-12(17)18-13(2,3)4;1-5-6-8-13-9-7-10-14-11(15)16-12(2,3)4;7-3-1-5-9-6-2-4-8;;/h2*10,13,16H,8-9,11-12,14-15H2,1-7H3,(H,23,30)(H,24,31);9,12,15,21H,7-8,10-11,13-14H2,1-6H3,(H,22,27)(H,23,28);5-10H2,1-4H3,(H,15,17);13H,5-10H2,1-4H3,(H,14,15);9H,1-8H2;1H4;1H. The number of hydrogen-bond donors (Lipinski definition) is 13. The van der Waals surface area contributed by atoms with Gasteiger partial charge in [-0.15, -0.1) is 12.4 Å². The molecule has 0 aliphatic heterocycles. The lowest BCUT2D eigenvalue weighted by atomic mass is 10.2. The second-order valence-electron chi connectivity index (χ2n) is 39.8. The van der Waals surface area contributed by atoms with Gasteiger partial charge in [0.25, 0.3) is 0 Å². The van der Waals surface area contributed by atoms with E-state index in [-0.39, 0.29) is 43.7 Å². The number of carbonyl (C=O) groups is 10. The summed E-state index contributed by atoms with van der Waals surface area (Å²) < 4.78 is 46.1. The van der Waals surface area contributed by atoms with E-state index in [0.29, 0.717) is 149 Å². The zero-order valence-electron chi connectivity index (χ0n) is 89.9. The van der Waals surface area contributed by atoms with E-state index >= 15 is 0 Å². The molecule has 0 radical (unpaired) electrons. The molecule has 3 aromatic heterocycles. The van der Waals surface area contributed by atoms with Crippen molar-refractivity contribution in [3.63, 3.8) is 0 Å². The molecule has 0 aliphatic carbocycles. The maximum Gasteiger partial charge on any atom is 0.407 e. The molecule has 0 fully saturated rings. The number of aromatic nitrogens is 6. The largest absolute Gasteiger partial charge is 0.444 e. The molecule has 0 bridgehead atoms. The van der Waals surface area contributed by atoms with Crippen LogP contribution < -0.4 is 64.6 Å². The summed E-state index contributed by atoms with van der Waals surface area (Å²) in [6.07, 6.45) is 20.4. The molecule has 814 valence electrons. The minimum Gasteiger partial charge on any atom is -0.444 e. The van der Waals surface area contributed by atoms with Gasteiger partial charge in [-0.2, -0.15) is 30.5 Å². The summed E-state index contributed by atoms with van der Waals surface area (Å²) in [6, 6.07) is 5.23. The Morgan fingerprint density at radius 2 is 0.546 bits per heavy atom. The molecule has 0 atom stereocenters. The molecule has 0 saturated carbocycles. The Morgan fingerprint density at radius 3 is 0.759 bits per heavy atom. The van der Waals surface area contributed by atoms with Gasteiger partial charge >= 0.3 is 48.7 Å². The molecule has 15 N–H and O–H groups in total. The first-order valence-corrected chi connectivity index (χ1v) is 48.4. The Hall–Kier alpha value is -11.0. The van der Waals surface area contributed by atoms with Crippen LogP contribution in [0.25, 0.3) is 0 Å². The SMILES string of the molecule is C.CC(=O)N=C(N(CCCNC(=O)OC(C)(C)C)CCCNC(=O)OC(C)(C)C)n1cccn1.CC(=O)N=C(N(CCCNC(=O)OC(C)(C)C)CCCNC(=O)OC(C)(C)C)n1cccn1.CC(C)(C)OC(=O)NCCCN(CCCNC(=O)OC(C)(C)C)C(=N)n1cccn1.CCCCN(C#N)CCCNC(=O)OC(C)(C)C.CCCCNCCCNC(=O)OC(C)(C)C.Cl.NCCCNCCCN. The van der Waals surface area contributed by atoms with Crippen LogP contribution in [0.2, 0.25) is 0 Å². The number of unbranched alkanes of at least 4 members (excludes halogenated alkanes) is 2. The van der Waals surface area contributed by atoms with Crippen LogP contribution in [0.1, 0.15) is 291 Å². The van der Waals surface area contributed by atoms with Gasteiger partial charge in [0.05, 0.1) is 0 Å². The van der Waals surface area contributed by atoms with Gasteiger partial charge in [-0.1, -0.05) is 34.1 Å². The average Bonchev–Trinajstić information content (AvgIpc) is 1.78. The fraction of sp³-hybridized carbons (Fsp3) is 0.760. The predicted molar refractivity (Wildman–Crippen MR) is 556 cm³/mol. The highest BCUT2D eigenvalue weighted by Gasteiger charge is 2.26. The number of rotatable bonds is 44. The van der Waals surface area contributed by atoms with Crippen molar-refractivity contribution in [1.29, 1.82) is 10.7 Å². The summed E-state index contributed by atoms with van der Waals surface area (Å²) in [4.78, 5) is 133. The molecule has 0 unspecified atom stereocenters. The molecule has 0 aromatic carbocycles. The van der Waals surface area contributed by atoms with E-state index in [1.807, 2.05) is 97.8 Å². The second-order valence-corrected chi connectivity index (χ2v) is 39.8. The van der Waals surface area contributed by atoms with E-state index in [2.05, 4.69) is 98.5 Å². The molecule has 45 heteroatoms. The average molecular weight is 2030 g/mol. The molecule has 0 spiro atoms. The van der Waals surface area contributed by atoms with Crippen molar-refractivity contribution in [2.24, 2.45) is 21.5 Å². The lowest BCUT2D eigenvalue weighted by Crippen LogP contribution is -2.41. The molecule has 141 heavy (non-hydrogen) atoms. The Morgan fingerprint density at radius 1 is 0.333 bits per heavy atom. The van der Waals surface area contributed by atoms with Crippen LogP contribution in [0, 0.1) is 16.9 Å². The summed E-state index contributed by atoms with van der Waals surface area (Å²) in [5.41, 5.74) is 6.31. The monoisotopic (exact) mass is 2030 g/mol. The molecule has 3 heterocycles. The normalized spacial score (nSPS) is 11.4. The summed E-state index contributed by atoms with van der Waals surface area (Å²) in [6.45, 7) is 64.2. The van der Waals surface area contributed by atoms with Crippen LogP contribution in [-0.4, -0.2) is 316 Å². The van der Waals surface area contributed by atoms with Crippen molar-refractivity contribution in [2.45, 2.75) is 336 Å². The van der Waals surface area contributed by atoms with Crippen LogP contribution >= 0.6 is 12.4 Å². The number of nitriles is 1. The quantitative estimate of drug-likeness (QED) is 0.00624. The summed E-state index contributed by atoms with van der Waals surface area (Å²) in [7, 11) is 0. The minimum atomic E-state index is -0.571. The van der Waals surface area contributed by atoms with Gasteiger partial charge < -0.3 is 122 Å². The first-order valence-electron chi connectivity index (χ1n) is 48.4. The molecule has 3 rings (SSSR count). The van der Waals surface area contributed by atoms with Gasteiger partial charge in [0.1, 0.15) is 44.8 Å². The van der Waals surface area contributed by atoms with Crippen LogP contribution in [0.3, 0.4) is 0 Å². The zero-order valence-corrected chi connectivity index (χ0v) is 90.7. The number of nitrogens with two attached hydrogens (primary N) is 2. The lowest BCUT2D eigenvalue weighted by molar-refractivity contribution is -0.116. The fourth-order valence-electron chi connectivity index (χ4n) is 10.8. The van der Waals surface area contributed by atoms with E-state index < -0.39 is 87.5 Å². The van der Waals surface area contributed by atoms with Gasteiger partial charge in [-0.05, 0) is 301 Å². The maximum atomic E-state index is 11.9. The Labute approximate surface area is 848 Å². The first-order chi connectivity index (χ1) is 64.7. The number of nitrogens with zero attached hydrogens (tertiary/aromatic N) is 13. The molecule has 44 nitrogen and oxygen atoms in total. The molecule has 10 amide bonds. The molecule has 0 saturated heterocycles. The molecule has 3 aromatic rings. The second kappa shape index (κ2) is 76.7. The van der Waals surface area contributed by atoms with Crippen LogP contribution in [-0.2, 0) is 47.5 Å². The van der Waals surface area contributed by atoms with Crippen molar-refractivity contribution in [1.82, 2.24) is 102 Å². The van der Waals surface area contributed by atoms with Crippen molar-refractivity contribution >= 4 is 90.8 Å². The minimum absolute atomic E-state index is 0. The summed E-state index contributed by atoms with van der Waals surface area (Å²) in [5, 5.41) is 58.0. The third-order valence-corrected chi connectivity index (χ3v) is 16.4. The Bertz CT molecular complexity index is 3700. The summed E-state index contributed by atoms with van der Waals surface area (Å²) in [5.74, 6) is 0.270. The maximum absolute atomic E-state index is 11.9. The Balaban J connectivity index is -0.000000544. The van der Waals surface area contributed by atoms with Gasteiger partial charge in [-0.25, -0.2) is 52.4 Å². The Kier molecular flexibility index (Phi) is 75.3. The number of carbonyl (C=O) groups excluding carboxylic acids is 10. The van der Waals surface area contributed by atoms with Crippen molar-refractivity contribution in [2.75, 3.05) is 144 Å².